The van der Waals surface area contributed by atoms with Gasteiger partial charge in [0.25, 0.3) is 5.56 Å². The minimum Gasteiger partial charge on any atom is -0.454 e. The van der Waals surface area contributed by atoms with Crippen LogP contribution in [-0.2, 0) is 13.1 Å². The van der Waals surface area contributed by atoms with Crippen molar-refractivity contribution in [1.82, 2.24) is 14.9 Å². The van der Waals surface area contributed by atoms with Gasteiger partial charge in [0.1, 0.15) is 16.3 Å². The quantitative estimate of drug-likeness (QED) is 0.480. The highest BCUT2D eigenvalue weighted by atomic mass is 32.1. The maximum Gasteiger partial charge on any atom is 0.268 e. The Hall–Kier alpha value is -3.23. The van der Waals surface area contributed by atoms with Gasteiger partial charge in [-0.25, -0.2) is 9.37 Å². The van der Waals surface area contributed by atoms with Gasteiger partial charge in [0.15, 0.2) is 11.5 Å². The van der Waals surface area contributed by atoms with E-state index in [1.807, 2.05) is 24.3 Å². The lowest BCUT2D eigenvalue weighted by Crippen LogP contribution is -2.25. The van der Waals surface area contributed by atoms with Crippen LogP contribution in [0.1, 0.15) is 18.3 Å². The normalized spacial score (nSPS) is 12.7. The summed E-state index contributed by atoms with van der Waals surface area (Å²) in [5.41, 5.74) is 2.46. The molecule has 4 aromatic rings. The molecule has 0 amide bonds. The number of nitrogens with zero attached hydrogens (tertiary/aromatic N) is 2. The van der Waals surface area contributed by atoms with Gasteiger partial charge in [-0.05, 0) is 48.0 Å². The maximum absolute atomic E-state index is 13.2. The highest BCUT2D eigenvalue weighted by Crippen LogP contribution is 2.33. The largest absolute Gasteiger partial charge is 0.454 e. The van der Waals surface area contributed by atoms with Crippen LogP contribution in [0.15, 0.2) is 53.3 Å². The predicted molar refractivity (Wildman–Crippen MR) is 118 cm³/mol. The summed E-state index contributed by atoms with van der Waals surface area (Å²) >= 11 is 1.36. The molecule has 0 radical (unpaired) electrons. The highest BCUT2D eigenvalue weighted by molar-refractivity contribution is 7.22. The number of thiophene rings is 1. The Balaban J connectivity index is 1.38. The third-order valence-electron chi connectivity index (χ3n) is 5.22. The molecule has 0 bridgehead atoms. The molecular weight excluding hydrogens is 417 g/mol. The van der Waals surface area contributed by atoms with Crippen molar-refractivity contribution in [3.8, 4) is 21.9 Å². The van der Waals surface area contributed by atoms with Gasteiger partial charge in [-0.15, -0.1) is 11.3 Å². The molecule has 2 aromatic heterocycles. The lowest BCUT2D eigenvalue weighted by atomic mass is 10.2. The number of benzene rings is 2. The summed E-state index contributed by atoms with van der Waals surface area (Å²) in [4.78, 5) is 23.3. The van der Waals surface area contributed by atoms with Crippen LogP contribution in [0.3, 0.4) is 0 Å². The van der Waals surface area contributed by atoms with Crippen molar-refractivity contribution in [2.75, 3.05) is 13.3 Å². The van der Waals surface area contributed by atoms with Gasteiger partial charge >= 0.3 is 0 Å². The van der Waals surface area contributed by atoms with Crippen molar-refractivity contribution in [2.45, 2.75) is 20.0 Å². The Bertz CT molecular complexity index is 1300. The number of aromatic nitrogens is 2. The van der Waals surface area contributed by atoms with Crippen molar-refractivity contribution >= 4 is 21.6 Å². The van der Waals surface area contributed by atoms with E-state index in [1.54, 1.807) is 12.1 Å². The van der Waals surface area contributed by atoms with Gasteiger partial charge < -0.3 is 14.5 Å². The molecule has 8 heteroatoms. The number of hydrogen-bond donors (Lipinski definition) is 1. The Kier molecular flexibility index (Phi) is 5.17. The second kappa shape index (κ2) is 8.13. The molecule has 0 saturated carbocycles. The van der Waals surface area contributed by atoms with Crippen molar-refractivity contribution in [3.63, 3.8) is 0 Å². The SMILES string of the molecule is CCN(Cc1ccc2c(c1)OCO2)Cc1nc2cc(-c3ccc(F)cc3)sc2c(=O)[nH]1. The van der Waals surface area contributed by atoms with E-state index in [0.717, 1.165) is 34.0 Å². The molecule has 0 spiro atoms. The Morgan fingerprint density at radius 1 is 1.10 bits per heavy atom. The first-order valence-corrected chi connectivity index (χ1v) is 10.8. The van der Waals surface area contributed by atoms with E-state index >= 15 is 0 Å². The highest BCUT2D eigenvalue weighted by Gasteiger charge is 2.16. The molecule has 0 atom stereocenters. The number of nitrogens with one attached hydrogen (secondary N) is 1. The standard InChI is InChI=1S/C23H20FN3O3S/c1-2-27(11-14-3-8-18-19(9-14)30-13-29-18)12-21-25-17-10-20(31-22(17)23(28)26-21)15-4-6-16(24)7-5-15/h3-10H,2,11-13H2,1H3,(H,25,26,28). The third kappa shape index (κ3) is 4.04. The molecule has 0 saturated heterocycles. The van der Waals surface area contributed by atoms with Crippen LogP contribution in [0.2, 0.25) is 0 Å². The number of fused-ring (bicyclic) bond motifs is 2. The topological polar surface area (TPSA) is 67.5 Å². The van der Waals surface area contributed by atoms with Gasteiger partial charge in [-0.1, -0.05) is 25.1 Å². The zero-order valence-corrected chi connectivity index (χ0v) is 17.7. The summed E-state index contributed by atoms with van der Waals surface area (Å²) in [5.74, 6) is 1.85. The van der Waals surface area contributed by atoms with Gasteiger partial charge in [-0.3, -0.25) is 9.69 Å². The van der Waals surface area contributed by atoms with Crippen molar-refractivity contribution in [2.24, 2.45) is 0 Å². The molecule has 2 aromatic carbocycles. The number of hydrogen-bond acceptors (Lipinski definition) is 6. The minimum absolute atomic E-state index is 0.155. The number of rotatable bonds is 6. The lowest BCUT2D eigenvalue weighted by molar-refractivity contribution is 0.174. The summed E-state index contributed by atoms with van der Waals surface area (Å²) in [5, 5.41) is 0. The molecule has 0 unspecified atom stereocenters. The molecule has 0 fully saturated rings. The first-order chi connectivity index (χ1) is 15.1. The summed E-state index contributed by atoms with van der Waals surface area (Å²) in [7, 11) is 0. The Labute approximate surface area is 181 Å². The number of aromatic amines is 1. The fourth-order valence-corrected chi connectivity index (χ4v) is 4.61. The molecule has 158 valence electrons. The van der Waals surface area contributed by atoms with Crippen LogP contribution in [0.25, 0.3) is 20.7 Å². The zero-order chi connectivity index (χ0) is 21.4. The van der Waals surface area contributed by atoms with Crippen LogP contribution in [0, 0.1) is 5.82 Å². The van der Waals surface area contributed by atoms with Gasteiger partial charge in [-0.2, -0.15) is 0 Å². The number of halogens is 1. The fraction of sp³-hybridized carbons (Fsp3) is 0.217. The van der Waals surface area contributed by atoms with Crippen LogP contribution in [0.4, 0.5) is 4.39 Å². The first-order valence-electron chi connectivity index (χ1n) is 9.98. The Morgan fingerprint density at radius 2 is 1.90 bits per heavy atom. The van der Waals surface area contributed by atoms with Crippen LogP contribution in [-0.4, -0.2) is 28.2 Å². The lowest BCUT2D eigenvalue weighted by Gasteiger charge is -2.20. The van der Waals surface area contributed by atoms with E-state index in [0.29, 0.717) is 29.1 Å². The van der Waals surface area contributed by atoms with Crippen molar-refractivity contribution < 1.29 is 13.9 Å². The van der Waals surface area contributed by atoms with Crippen LogP contribution in [0.5, 0.6) is 11.5 Å². The average Bonchev–Trinajstić information content (AvgIpc) is 3.40. The summed E-state index contributed by atoms with van der Waals surface area (Å²) in [6.07, 6.45) is 0. The summed E-state index contributed by atoms with van der Waals surface area (Å²) in [6.45, 7) is 4.32. The molecule has 5 rings (SSSR count). The molecule has 1 aliphatic heterocycles. The van der Waals surface area contributed by atoms with E-state index in [9.17, 15) is 9.18 Å². The van der Waals surface area contributed by atoms with Gasteiger partial charge in [0.2, 0.25) is 6.79 Å². The molecule has 3 heterocycles. The van der Waals surface area contributed by atoms with Crippen molar-refractivity contribution in [3.05, 3.63) is 76.1 Å². The summed E-state index contributed by atoms with van der Waals surface area (Å²) < 4.78 is 24.6. The van der Waals surface area contributed by atoms with Crippen LogP contribution < -0.4 is 15.0 Å². The molecule has 6 nitrogen and oxygen atoms in total. The minimum atomic E-state index is -0.287. The second-order valence-corrected chi connectivity index (χ2v) is 8.39. The molecule has 0 aliphatic carbocycles. The monoisotopic (exact) mass is 437 g/mol. The Morgan fingerprint density at radius 3 is 2.71 bits per heavy atom. The number of ether oxygens (including phenoxy) is 2. The first kappa shape index (κ1) is 19.7. The van der Waals surface area contributed by atoms with E-state index in [2.05, 4.69) is 21.8 Å². The summed E-state index contributed by atoms with van der Waals surface area (Å²) in [6, 6.07) is 14.1. The number of H-pyrrole nitrogens is 1. The average molecular weight is 437 g/mol. The van der Waals surface area contributed by atoms with Crippen molar-refractivity contribution in [1.29, 1.82) is 0 Å². The van der Waals surface area contributed by atoms with E-state index < -0.39 is 0 Å². The molecule has 31 heavy (non-hydrogen) atoms. The van der Waals surface area contributed by atoms with Gasteiger partial charge in [0.05, 0.1) is 12.1 Å². The third-order valence-corrected chi connectivity index (χ3v) is 6.40. The smallest absolute Gasteiger partial charge is 0.268 e. The molecule has 1 N–H and O–H groups in total. The van der Waals surface area contributed by atoms with E-state index in [1.165, 1.54) is 23.5 Å². The molecule has 1 aliphatic rings. The fourth-order valence-electron chi connectivity index (χ4n) is 3.61. The van der Waals surface area contributed by atoms with Crippen LogP contribution >= 0.6 is 11.3 Å². The predicted octanol–water partition coefficient (Wildman–Crippen LogP) is 4.54. The maximum atomic E-state index is 13.2. The van der Waals surface area contributed by atoms with E-state index in [-0.39, 0.29) is 18.2 Å². The molecular formula is C23H20FN3O3S. The zero-order valence-electron chi connectivity index (χ0n) is 16.9. The van der Waals surface area contributed by atoms with E-state index in [4.69, 9.17) is 9.47 Å². The van der Waals surface area contributed by atoms with Gasteiger partial charge in [0, 0.05) is 11.4 Å². The second-order valence-electron chi connectivity index (χ2n) is 7.34.